The molecule has 4 heterocycles. The molecule has 0 saturated heterocycles. The summed E-state index contributed by atoms with van der Waals surface area (Å²) in [5.74, 6) is 1.23. The third kappa shape index (κ3) is 4.89. The Morgan fingerprint density at radius 1 is 1.09 bits per heavy atom. The van der Waals surface area contributed by atoms with Gasteiger partial charge >= 0.3 is 0 Å². The van der Waals surface area contributed by atoms with Gasteiger partial charge < -0.3 is 19.4 Å². The molecule has 2 aliphatic rings. The van der Waals surface area contributed by atoms with E-state index in [-0.39, 0.29) is 5.91 Å². The fourth-order valence-corrected chi connectivity index (χ4v) is 6.17. The number of hydrogen-bond acceptors (Lipinski definition) is 5. The zero-order valence-electron chi connectivity index (χ0n) is 25.2. The largest absolute Gasteiger partial charge is 0.491 e. The molecule has 1 saturated carbocycles. The van der Waals surface area contributed by atoms with Crippen molar-refractivity contribution < 1.29 is 14.3 Å². The van der Waals surface area contributed by atoms with Crippen molar-refractivity contribution in [1.82, 2.24) is 19.7 Å². The van der Waals surface area contributed by atoms with Crippen molar-refractivity contribution >= 4 is 22.6 Å². The van der Waals surface area contributed by atoms with E-state index in [1.165, 1.54) is 18.4 Å². The Bertz CT molecular complexity index is 1830. The van der Waals surface area contributed by atoms with Gasteiger partial charge in [-0.25, -0.2) is 4.98 Å². The van der Waals surface area contributed by atoms with Gasteiger partial charge in [-0.05, 0) is 86.1 Å². The van der Waals surface area contributed by atoms with Crippen LogP contribution in [0.2, 0.25) is 0 Å². The lowest BCUT2D eigenvalue weighted by atomic mass is 9.96. The van der Waals surface area contributed by atoms with Crippen molar-refractivity contribution in [2.75, 3.05) is 25.2 Å². The zero-order valence-corrected chi connectivity index (χ0v) is 25.2. The molecule has 1 aliphatic carbocycles. The number of nitrogens with one attached hydrogen (secondary N) is 1. The summed E-state index contributed by atoms with van der Waals surface area (Å²) in [6.45, 7) is 7.62. The van der Waals surface area contributed by atoms with E-state index < -0.39 is 0 Å². The maximum Gasteiger partial charge on any atom is 0.262 e. The van der Waals surface area contributed by atoms with Crippen LogP contribution in [0.3, 0.4) is 0 Å². The lowest BCUT2D eigenvalue weighted by molar-refractivity contribution is 0.0989. The fourth-order valence-electron chi connectivity index (χ4n) is 6.17. The molecule has 0 spiro atoms. The number of nitrogens with zero attached hydrogens (tertiary/aromatic N) is 4. The van der Waals surface area contributed by atoms with Crippen LogP contribution in [0.1, 0.15) is 72.2 Å². The molecule has 1 atom stereocenters. The number of fused-ring (bicyclic) bond motifs is 2. The summed E-state index contributed by atoms with van der Waals surface area (Å²) < 4.78 is 13.9. The van der Waals surface area contributed by atoms with Crippen LogP contribution in [0.25, 0.3) is 33.4 Å². The second-order valence-corrected chi connectivity index (χ2v) is 11.7. The van der Waals surface area contributed by atoms with E-state index in [2.05, 4.69) is 54.3 Å². The minimum Gasteiger partial charge on any atom is -0.491 e. The van der Waals surface area contributed by atoms with Gasteiger partial charge in [-0.3, -0.25) is 9.48 Å². The molecule has 8 heteroatoms. The normalized spacial score (nSPS) is 15.8. The van der Waals surface area contributed by atoms with Crippen molar-refractivity contribution in [2.45, 2.75) is 58.6 Å². The molecule has 1 aliphatic heterocycles. The second kappa shape index (κ2) is 11.0. The van der Waals surface area contributed by atoms with Gasteiger partial charge in [-0.15, -0.1) is 0 Å². The number of anilines is 1. The number of aryl methyl sites for hydroxylation is 1. The molecule has 1 amide bonds. The summed E-state index contributed by atoms with van der Waals surface area (Å²) in [6, 6.07) is 16.7. The van der Waals surface area contributed by atoms with Gasteiger partial charge in [0.1, 0.15) is 18.0 Å². The Labute approximate surface area is 251 Å². The number of methoxy groups -OCH3 is 1. The number of benzene rings is 2. The van der Waals surface area contributed by atoms with Crippen molar-refractivity contribution in [3.8, 4) is 28.1 Å². The first kappa shape index (κ1) is 27.4. The number of rotatable bonds is 8. The van der Waals surface area contributed by atoms with Crippen molar-refractivity contribution in [3.63, 3.8) is 0 Å². The van der Waals surface area contributed by atoms with Gasteiger partial charge in [0.05, 0.1) is 35.8 Å². The van der Waals surface area contributed by atoms with Crippen LogP contribution in [0, 0.1) is 6.92 Å². The van der Waals surface area contributed by atoms with Crippen LogP contribution in [-0.4, -0.2) is 45.9 Å². The van der Waals surface area contributed by atoms with E-state index in [0.717, 1.165) is 56.8 Å². The molecule has 3 aromatic heterocycles. The van der Waals surface area contributed by atoms with E-state index in [4.69, 9.17) is 14.6 Å². The van der Waals surface area contributed by atoms with Crippen molar-refractivity contribution in [3.05, 3.63) is 83.3 Å². The van der Waals surface area contributed by atoms with Crippen molar-refractivity contribution in [2.24, 2.45) is 0 Å². The fraction of sp³-hybridized carbons (Fsp3) is 0.343. The van der Waals surface area contributed by atoms with E-state index >= 15 is 0 Å². The number of carbonyl (C=O) groups is 1. The highest BCUT2D eigenvalue weighted by Gasteiger charge is 2.30. The minimum atomic E-state index is -0.0537. The molecule has 5 aromatic rings. The quantitative estimate of drug-likeness (QED) is 0.208. The van der Waals surface area contributed by atoms with E-state index in [1.54, 1.807) is 7.11 Å². The Balaban J connectivity index is 1.30. The van der Waals surface area contributed by atoms with Crippen LogP contribution in [0.4, 0.5) is 5.69 Å². The Morgan fingerprint density at radius 2 is 1.95 bits per heavy atom. The molecule has 8 nitrogen and oxygen atoms in total. The maximum absolute atomic E-state index is 14.0. The lowest BCUT2D eigenvalue weighted by Crippen LogP contribution is -2.33. The van der Waals surface area contributed by atoms with Crippen molar-refractivity contribution in [1.29, 1.82) is 0 Å². The summed E-state index contributed by atoms with van der Waals surface area (Å²) >= 11 is 0. The number of ether oxygens (including phenoxy) is 2. The predicted octanol–water partition coefficient (Wildman–Crippen LogP) is 7.44. The van der Waals surface area contributed by atoms with Gasteiger partial charge in [0.25, 0.3) is 5.91 Å². The number of pyridine rings is 1. The number of hydrogen-bond donors (Lipinski definition) is 1. The first-order valence-corrected chi connectivity index (χ1v) is 15.2. The highest BCUT2D eigenvalue weighted by Crippen LogP contribution is 2.43. The number of aromatic amines is 1. The standard InChI is InChI=1S/C35H37N5O3/c1-5-21(2)40-19-29(22(3)38-40)31-18-28-26(13-14-36-34(28)37-31)25-7-6-8-32(30(25)20-42-4)39-15-16-43-33-17-24(23-9-10-23)11-12-27(33)35(39)41/h6-8,11-14,17-19,21,23H,5,9-10,15-16,20H2,1-4H3,(H,36,37). The van der Waals surface area contributed by atoms with Gasteiger partial charge in [0.15, 0.2) is 0 Å². The topological polar surface area (TPSA) is 85.3 Å². The Morgan fingerprint density at radius 3 is 2.74 bits per heavy atom. The first-order chi connectivity index (χ1) is 21.0. The molecule has 0 bridgehead atoms. The summed E-state index contributed by atoms with van der Waals surface area (Å²) in [7, 11) is 1.69. The molecule has 7 rings (SSSR count). The van der Waals surface area contributed by atoms with Crippen LogP contribution in [0.15, 0.2) is 60.9 Å². The molecule has 0 radical (unpaired) electrons. The zero-order chi connectivity index (χ0) is 29.7. The third-order valence-electron chi connectivity index (χ3n) is 8.90. The number of H-pyrrole nitrogens is 1. The first-order valence-electron chi connectivity index (χ1n) is 15.2. The average molecular weight is 576 g/mol. The average Bonchev–Trinajstić information content (AvgIpc) is 3.70. The predicted molar refractivity (Wildman–Crippen MR) is 169 cm³/mol. The molecule has 1 unspecified atom stereocenters. The molecule has 2 aromatic carbocycles. The van der Waals surface area contributed by atoms with Gasteiger partial charge in [0.2, 0.25) is 0 Å². The Hall–Kier alpha value is -4.43. The summed E-state index contributed by atoms with van der Waals surface area (Å²) in [5.41, 5.74) is 9.50. The van der Waals surface area contributed by atoms with Gasteiger partial charge in [0, 0.05) is 42.1 Å². The van der Waals surface area contributed by atoms with E-state index in [9.17, 15) is 4.79 Å². The highest BCUT2D eigenvalue weighted by molar-refractivity contribution is 6.09. The van der Waals surface area contributed by atoms with E-state index in [1.807, 2.05) is 47.0 Å². The molecule has 43 heavy (non-hydrogen) atoms. The van der Waals surface area contributed by atoms with Crippen LogP contribution >= 0.6 is 0 Å². The van der Waals surface area contributed by atoms with Crippen LogP contribution < -0.4 is 9.64 Å². The monoisotopic (exact) mass is 575 g/mol. The van der Waals surface area contributed by atoms with Crippen LogP contribution in [-0.2, 0) is 11.3 Å². The summed E-state index contributed by atoms with van der Waals surface area (Å²) in [6.07, 6.45) is 7.37. The minimum absolute atomic E-state index is 0.0537. The van der Waals surface area contributed by atoms with Gasteiger partial charge in [-0.1, -0.05) is 25.1 Å². The number of carbonyl (C=O) groups excluding carboxylic acids is 1. The van der Waals surface area contributed by atoms with E-state index in [0.29, 0.717) is 43.0 Å². The smallest absolute Gasteiger partial charge is 0.262 e. The molecule has 1 N–H and O–H groups in total. The maximum atomic E-state index is 14.0. The SMILES string of the molecule is CCC(C)n1cc(-c2cc3c(-c4cccc(N5CCOc6cc(C7CC7)ccc6C5=O)c4COC)ccnc3[nH]2)c(C)n1. The second-order valence-electron chi connectivity index (χ2n) is 11.7. The van der Waals surface area contributed by atoms with Crippen LogP contribution in [0.5, 0.6) is 5.75 Å². The number of aromatic nitrogens is 4. The highest BCUT2D eigenvalue weighted by atomic mass is 16.5. The molecular weight excluding hydrogens is 538 g/mol. The molecular formula is C35H37N5O3. The number of amides is 1. The Kier molecular flexibility index (Phi) is 7.01. The van der Waals surface area contributed by atoms with Gasteiger partial charge in [-0.2, -0.15) is 5.10 Å². The summed E-state index contributed by atoms with van der Waals surface area (Å²) in [4.78, 5) is 24.0. The lowest BCUT2D eigenvalue weighted by Gasteiger charge is -2.25. The molecule has 1 fully saturated rings. The third-order valence-corrected chi connectivity index (χ3v) is 8.90. The molecule has 220 valence electrons. The summed E-state index contributed by atoms with van der Waals surface area (Å²) in [5, 5.41) is 5.78.